The van der Waals surface area contributed by atoms with Crippen molar-refractivity contribution in [1.29, 1.82) is 0 Å². The van der Waals surface area contributed by atoms with E-state index in [4.69, 9.17) is 0 Å². The van der Waals surface area contributed by atoms with Gasteiger partial charge in [0.25, 0.3) is 0 Å². The van der Waals surface area contributed by atoms with Crippen LogP contribution in [0.3, 0.4) is 0 Å². The van der Waals surface area contributed by atoms with Gasteiger partial charge in [-0.25, -0.2) is 8.42 Å². The number of anilines is 1. The average molecular weight is 550 g/mol. The van der Waals surface area contributed by atoms with Gasteiger partial charge >= 0.3 is 0 Å². The molecule has 1 N–H and O–H groups in total. The summed E-state index contributed by atoms with van der Waals surface area (Å²) in [6.07, 6.45) is 1.98. The van der Waals surface area contributed by atoms with Crippen LogP contribution in [0.15, 0.2) is 78.9 Å². The van der Waals surface area contributed by atoms with E-state index in [9.17, 15) is 18.0 Å². The van der Waals surface area contributed by atoms with Gasteiger partial charge in [-0.05, 0) is 49.9 Å². The highest BCUT2D eigenvalue weighted by Gasteiger charge is 2.30. The maximum Gasteiger partial charge on any atom is 0.243 e. The smallest absolute Gasteiger partial charge is 0.243 e. The monoisotopic (exact) mass is 549 g/mol. The highest BCUT2D eigenvalue weighted by atomic mass is 32.2. The van der Waals surface area contributed by atoms with Crippen molar-refractivity contribution in [2.75, 3.05) is 23.7 Å². The first-order valence-electron chi connectivity index (χ1n) is 13.3. The SMILES string of the molecule is CCNC(=O)[C@@H](Cc1ccccc1)N(Cc1ccc(C)cc1)C(=O)CCCN(c1ccccc1C)S(C)(=O)=O. The number of benzene rings is 3. The van der Waals surface area contributed by atoms with E-state index < -0.39 is 16.1 Å². The lowest BCUT2D eigenvalue weighted by Crippen LogP contribution is -2.50. The third-order valence-corrected chi connectivity index (χ3v) is 7.81. The summed E-state index contributed by atoms with van der Waals surface area (Å²) in [4.78, 5) is 28.7. The first-order chi connectivity index (χ1) is 18.6. The van der Waals surface area contributed by atoms with E-state index in [0.717, 1.165) is 22.3 Å². The van der Waals surface area contributed by atoms with Gasteiger partial charge in [0.05, 0.1) is 11.9 Å². The Kier molecular flexibility index (Phi) is 10.7. The molecule has 0 aliphatic rings. The fourth-order valence-electron chi connectivity index (χ4n) is 4.56. The van der Waals surface area contributed by atoms with Gasteiger partial charge in [-0.15, -0.1) is 0 Å². The van der Waals surface area contributed by atoms with Crippen LogP contribution >= 0.6 is 0 Å². The molecule has 0 saturated carbocycles. The molecule has 3 rings (SSSR count). The number of carbonyl (C=O) groups excluding carboxylic acids is 2. The number of hydrogen-bond donors (Lipinski definition) is 1. The first-order valence-corrected chi connectivity index (χ1v) is 15.1. The van der Waals surface area contributed by atoms with Crippen molar-refractivity contribution in [2.24, 2.45) is 0 Å². The third-order valence-electron chi connectivity index (χ3n) is 6.63. The fraction of sp³-hybridized carbons (Fsp3) is 0.355. The van der Waals surface area contributed by atoms with Crippen LogP contribution < -0.4 is 9.62 Å². The fourth-order valence-corrected chi connectivity index (χ4v) is 5.58. The molecule has 0 fully saturated rings. The maximum absolute atomic E-state index is 13.8. The molecule has 0 aromatic heterocycles. The predicted molar refractivity (Wildman–Crippen MR) is 157 cm³/mol. The van der Waals surface area contributed by atoms with E-state index in [2.05, 4.69) is 5.32 Å². The number of nitrogens with zero attached hydrogens (tertiary/aromatic N) is 2. The Labute approximate surface area is 232 Å². The van der Waals surface area contributed by atoms with Gasteiger partial charge in [0.1, 0.15) is 6.04 Å². The number of carbonyl (C=O) groups is 2. The Morgan fingerprint density at radius 2 is 1.51 bits per heavy atom. The second-order valence-corrected chi connectivity index (χ2v) is 11.7. The standard InChI is InChI=1S/C31H39N3O4S/c1-5-32-31(36)29(22-26-13-7-6-8-14-26)33(23-27-19-17-24(2)18-20-27)30(35)16-11-21-34(39(4,37)38)28-15-10-9-12-25(28)3/h6-10,12-15,17-20,29H,5,11,16,21-23H2,1-4H3,(H,32,36)/t29-/m1/s1. The zero-order chi connectivity index (χ0) is 28.4. The molecule has 3 aromatic carbocycles. The molecule has 3 aromatic rings. The number of sulfonamides is 1. The third kappa shape index (κ3) is 8.68. The van der Waals surface area contributed by atoms with Crippen LogP contribution in [0.2, 0.25) is 0 Å². The van der Waals surface area contributed by atoms with Crippen molar-refractivity contribution in [3.63, 3.8) is 0 Å². The van der Waals surface area contributed by atoms with Crippen molar-refractivity contribution in [2.45, 2.75) is 52.6 Å². The maximum atomic E-state index is 13.8. The van der Waals surface area contributed by atoms with Crippen molar-refractivity contribution in [3.05, 3.63) is 101 Å². The van der Waals surface area contributed by atoms with Crippen molar-refractivity contribution >= 4 is 27.5 Å². The normalized spacial score (nSPS) is 12.0. The molecular formula is C31H39N3O4S. The molecule has 0 aliphatic carbocycles. The minimum Gasteiger partial charge on any atom is -0.355 e. The molecule has 0 bridgehead atoms. The van der Waals surface area contributed by atoms with Crippen LogP contribution in [-0.2, 0) is 32.6 Å². The molecule has 7 nitrogen and oxygen atoms in total. The molecule has 0 aliphatic heterocycles. The van der Waals surface area contributed by atoms with Gasteiger partial charge < -0.3 is 10.2 Å². The highest BCUT2D eigenvalue weighted by Crippen LogP contribution is 2.23. The second-order valence-electron chi connectivity index (χ2n) is 9.83. The van der Waals surface area contributed by atoms with E-state index in [1.165, 1.54) is 10.6 Å². The van der Waals surface area contributed by atoms with Gasteiger partial charge in [0, 0.05) is 32.5 Å². The average Bonchev–Trinajstić information content (AvgIpc) is 2.90. The van der Waals surface area contributed by atoms with E-state index in [1.807, 2.05) is 87.5 Å². The molecule has 39 heavy (non-hydrogen) atoms. The van der Waals surface area contributed by atoms with E-state index >= 15 is 0 Å². The van der Waals surface area contributed by atoms with Crippen molar-refractivity contribution < 1.29 is 18.0 Å². The molecule has 1 atom stereocenters. The Hall–Kier alpha value is -3.65. The summed E-state index contributed by atoms with van der Waals surface area (Å²) in [5, 5.41) is 2.90. The summed E-state index contributed by atoms with van der Waals surface area (Å²) in [7, 11) is -3.54. The summed E-state index contributed by atoms with van der Waals surface area (Å²) >= 11 is 0. The lowest BCUT2D eigenvalue weighted by Gasteiger charge is -2.32. The predicted octanol–water partition coefficient (Wildman–Crippen LogP) is 4.63. The summed E-state index contributed by atoms with van der Waals surface area (Å²) < 4.78 is 26.6. The van der Waals surface area contributed by atoms with Gasteiger partial charge in [0.2, 0.25) is 21.8 Å². The molecule has 0 unspecified atom stereocenters. The van der Waals surface area contributed by atoms with Gasteiger partial charge in [-0.3, -0.25) is 13.9 Å². The van der Waals surface area contributed by atoms with E-state index in [1.54, 1.807) is 17.0 Å². The number of nitrogens with one attached hydrogen (secondary N) is 1. The highest BCUT2D eigenvalue weighted by molar-refractivity contribution is 7.92. The number of para-hydroxylation sites is 1. The number of rotatable bonds is 13. The molecule has 8 heteroatoms. The van der Waals surface area contributed by atoms with Crippen LogP contribution in [0.1, 0.15) is 42.0 Å². The number of hydrogen-bond acceptors (Lipinski definition) is 4. The lowest BCUT2D eigenvalue weighted by molar-refractivity contribution is -0.141. The van der Waals surface area contributed by atoms with Gasteiger partial charge in [-0.2, -0.15) is 0 Å². The van der Waals surface area contributed by atoms with E-state index in [-0.39, 0.29) is 31.3 Å². The zero-order valence-electron chi connectivity index (χ0n) is 23.3. The van der Waals surface area contributed by atoms with Gasteiger partial charge in [-0.1, -0.05) is 78.4 Å². The summed E-state index contributed by atoms with van der Waals surface area (Å²) in [6.45, 7) is 6.62. The van der Waals surface area contributed by atoms with Crippen LogP contribution in [0, 0.1) is 13.8 Å². The van der Waals surface area contributed by atoms with Crippen LogP contribution in [-0.4, -0.2) is 50.5 Å². The molecule has 208 valence electrons. The lowest BCUT2D eigenvalue weighted by atomic mass is 10.0. The topological polar surface area (TPSA) is 86.8 Å². The van der Waals surface area contributed by atoms with Crippen LogP contribution in [0.5, 0.6) is 0 Å². The Morgan fingerprint density at radius 1 is 0.872 bits per heavy atom. The van der Waals surface area contributed by atoms with Crippen LogP contribution in [0.25, 0.3) is 0 Å². The molecule has 0 heterocycles. The van der Waals surface area contributed by atoms with Crippen molar-refractivity contribution in [3.8, 4) is 0 Å². The minimum atomic E-state index is -3.54. The summed E-state index contributed by atoms with van der Waals surface area (Å²) in [5.74, 6) is -0.402. The quantitative estimate of drug-likeness (QED) is 0.337. The van der Waals surface area contributed by atoms with E-state index in [0.29, 0.717) is 25.1 Å². The molecule has 0 spiro atoms. The first kappa shape index (κ1) is 29.9. The zero-order valence-corrected chi connectivity index (χ0v) is 24.1. The number of amides is 2. The van der Waals surface area contributed by atoms with Crippen LogP contribution in [0.4, 0.5) is 5.69 Å². The summed E-state index contributed by atoms with van der Waals surface area (Å²) in [5.41, 5.74) is 4.44. The summed E-state index contributed by atoms with van der Waals surface area (Å²) in [6, 6.07) is 24.2. The number of likely N-dealkylation sites (N-methyl/N-ethyl adjacent to an activating group) is 1. The minimum absolute atomic E-state index is 0.106. The van der Waals surface area contributed by atoms with Gasteiger partial charge in [0.15, 0.2) is 0 Å². The largest absolute Gasteiger partial charge is 0.355 e. The molecular weight excluding hydrogens is 510 g/mol. The Bertz CT molecular complexity index is 1340. The Balaban J connectivity index is 1.86. The molecule has 0 radical (unpaired) electrons. The molecule has 2 amide bonds. The number of aryl methyl sites for hydroxylation is 2. The second kappa shape index (κ2) is 13.9. The Morgan fingerprint density at radius 3 is 2.13 bits per heavy atom. The van der Waals surface area contributed by atoms with Crippen molar-refractivity contribution in [1.82, 2.24) is 10.2 Å². The molecule has 0 saturated heterocycles.